The molecule has 1 heterocycles. The smallest absolute Gasteiger partial charge is 0.227 e. The van der Waals surface area contributed by atoms with E-state index in [9.17, 15) is 9.59 Å². The first-order valence-electron chi connectivity index (χ1n) is 13.3. The van der Waals surface area contributed by atoms with Gasteiger partial charge < -0.3 is 19.3 Å². The van der Waals surface area contributed by atoms with Gasteiger partial charge in [-0.1, -0.05) is 65.7 Å². The fourth-order valence-corrected chi connectivity index (χ4v) is 5.43. The van der Waals surface area contributed by atoms with E-state index in [-0.39, 0.29) is 24.7 Å². The van der Waals surface area contributed by atoms with Crippen LogP contribution in [-0.2, 0) is 22.6 Å². The molecule has 7 heteroatoms. The summed E-state index contributed by atoms with van der Waals surface area (Å²) in [7, 11) is 3.45. The lowest BCUT2D eigenvalue weighted by molar-refractivity contribution is -0.140. The lowest BCUT2D eigenvalue weighted by Gasteiger charge is -2.43. The maximum atomic E-state index is 13.5. The van der Waals surface area contributed by atoms with E-state index < -0.39 is 5.41 Å². The molecule has 0 N–H and O–H groups in total. The van der Waals surface area contributed by atoms with Crippen molar-refractivity contribution in [2.45, 2.75) is 39.2 Å². The zero-order valence-corrected chi connectivity index (χ0v) is 23.7. The quantitative estimate of drug-likeness (QED) is 0.315. The third kappa shape index (κ3) is 7.76. The number of carbonyl (C=O) groups excluding carboxylic acids is 2. The molecule has 2 amide bonds. The second kappa shape index (κ2) is 13.0. The molecule has 39 heavy (non-hydrogen) atoms. The third-order valence-electron chi connectivity index (χ3n) is 7.35. The first-order valence-corrected chi connectivity index (χ1v) is 13.7. The Balaban J connectivity index is 1.52. The van der Waals surface area contributed by atoms with Crippen molar-refractivity contribution < 1.29 is 19.1 Å². The molecule has 1 atom stereocenters. The maximum Gasteiger partial charge on any atom is 0.227 e. The van der Waals surface area contributed by atoms with E-state index in [0.29, 0.717) is 42.8 Å². The minimum Gasteiger partial charge on any atom is -0.496 e. The Morgan fingerprint density at radius 3 is 2.59 bits per heavy atom. The number of ether oxygens (including phenoxy) is 2. The fourth-order valence-electron chi connectivity index (χ4n) is 5.25. The number of nitrogens with zero attached hydrogens (tertiary/aromatic N) is 2. The van der Waals surface area contributed by atoms with Crippen LogP contribution in [0.25, 0.3) is 0 Å². The topological polar surface area (TPSA) is 59.1 Å². The lowest BCUT2D eigenvalue weighted by Crippen LogP contribution is -2.51. The van der Waals surface area contributed by atoms with Crippen molar-refractivity contribution in [3.05, 3.63) is 94.5 Å². The molecule has 1 saturated heterocycles. The molecule has 0 aromatic heterocycles. The highest BCUT2D eigenvalue weighted by Crippen LogP contribution is 2.36. The van der Waals surface area contributed by atoms with Gasteiger partial charge in [0.25, 0.3) is 0 Å². The number of likely N-dealkylation sites (tertiary alicyclic amines) is 1. The molecule has 0 spiro atoms. The zero-order valence-electron chi connectivity index (χ0n) is 23.0. The highest BCUT2D eigenvalue weighted by atomic mass is 35.5. The van der Waals surface area contributed by atoms with Gasteiger partial charge in [-0.25, -0.2) is 0 Å². The van der Waals surface area contributed by atoms with Gasteiger partial charge in [0.05, 0.1) is 20.1 Å². The molecule has 6 nitrogen and oxygen atoms in total. The number of rotatable bonds is 10. The molecule has 1 fully saturated rings. The van der Waals surface area contributed by atoms with Crippen LogP contribution in [-0.4, -0.2) is 55.5 Å². The zero-order chi connectivity index (χ0) is 27.8. The van der Waals surface area contributed by atoms with E-state index in [1.54, 1.807) is 24.1 Å². The summed E-state index contributed by atoms with van der Waals surface area (Å²) in [6.07, 6.45) is 2.12. The van der Waals surface area contributed by atoms with E-state index in [1.165, 1.54) is 0 Å². The van der Waals surface area contributed by atoms with Gasteiger partial charge in [-0.2, -0.15) is 0 Å². The predicted octanol–water partition coefficient (Wildman–Crippen LogP) is 5.94. The van der Waals surface area contributed by atoms with Crippen molar-refractivity contribution >= 4 is 23.4 Å². The van der Waals surface area contributed by atoms with Crippen LogP contribution in [0.3, 0.4) is 0 Å². The number of amides is 2. The van der Waals surface area contributed by atoms with Gasteiger partial charge >= 0.3 is 0 Å². The van der Waals surface area contributed by atoms with Gasteiger partial charge in [0.2, 0.25) is 11.8 Å². The van der Waals surface area contributed by atoms with Crippen molar-refractivity contribution in [2.75, 3.05) is 33.9 Å². The third-order valence-corrected chi connectivity index (χ3v) is 7.58. The molecule has 3 aromatic rings. The molecule has 3 aromatic carbocycles. The summed E-state index contributed by atoms with van der Waals surface area (Å²) in [5, 5.41) is 0.591. The number of halogens is 1. The van der Waals surface area contributed by atoms with Gasteiger partial charge in [-0.05, 0) is 49.6 Å². The highest BCUT2D eigenvalue weighted by Gasteiger charge is 2.40. The summed E-state index contributed by atoms with van der Waals surface area (Å²) in [6.45, 7) is 3.95. The minimum absolute atomic E-state index is 0.0239. The second-order valence-electron chi connectivity index (χ2n) is 10.6. The van der Waals surface area contributed by atoms with Crippen LogP contribution >= 0.6 is 11.6 Å². The van der Waals surface area contributed by atoms with Gasteiger partial charge in [0.15, 0.2) is 0 Å². The molecule has 0 radical (unpaired) electrons. The van der Waals surface area contributed by atoms with Crippen molar-refractivity contribution in [2.24, 2.45) is 5.41 Å². The van der Waals surface area contributed by atoms with E-state index in [4.69, 9.17) is 21.1 Å². The maximum absolute atomic E-state index is 13.5. The molecule has 1 unspecified atom stereocenters. The number of benzene rings is 3. The van der Waals surface area contributed by atoms with Gasteiger partial charge in [0, 0.05) is 49.1 Å². The fraction of sp³-hybridized carbons (Fsp3) is 0.375. The van der Waals surface area contributed by atoms with E-state index in [0.717, 1.165) is 29.5 Å². The minimum atomic E-state index is -0.519. The number of hydrogen-bond donors (Lipinski definition) is 0. The summed E-state index contributed by atoms with van der Waals surface area (Å²) in [5.41, 5.74) is 2.50. The number of methoxy groups -OCH3 is 1. The number of aryl methyl sites for hydroxylation is 1. The average molecular weight is 549 g/mol. The first kappa shape index (κ1) is 28.5. The molecule has 1 aliphatic rings. The van der Waals surface area contributed by atoms with Gasteiger partial charge in [0.1, 0.15) is 11.5 Å². The predicted molar refractivity (Wildman–Crippen MR) is 154 cm³/mol. The van der Waals surface area contributed by atoms with E-state index in [1.807, 2.05) is 79.5 Å². The van der Waals surface area contributed by atoms with Gasteiger partial charge in [-0.3, -0.25) is 9.59 Å². The summed E-state index contributed by atoms with van der Waals surface area (Å²) in [4.78, 5) is 30.7. The van der Waals surface area contributed by atoms with Crippen LogP contribution in [0.4, 0.5) is 0 Å². The first-order chi connectivity index (χ1) is 18.8. The molecular weight excluding hydrogens is 512 g/mol. The Morgan fingerprint density at radius 1 is 1.05 bits per heavy atom. The Bertz CT molecular complexity index is 1280. The average Bonchev–Trinajstić information content (AvgIpc) is 2.93. The summed E-state index contributed by atoms with van der Waals surface area (Å²) >= 11 is 6.18. The Hall–Kier alpha value is -3.51. The Morgan fingerprint density at radius 2 is 1.85 bits per heavy atom. The van der Waals surface area contributed by atoms with Crippen molar-refractivity contribution in [1.82, 2.24) is 9.80 Å². The van der Waals surface area contributed by atoms with Gasteiger partial charge in [-0.15, -0.1) is 0 Å². The second-order valence-corrected chi connectivity index (χ2v) is 11.0. The molecule has 0 bridgehead atoms. The normalized spacial score (nSPS) is 17.0. The van der Waals surface area contributed by atoms with E-state index >= 15 is 0 Å². The van der Waals surface area contributed by atoms with Crippen LogP contribution in [0, 0.1) is 12.3 Å². The number of hydrogen-bond acceptors (Lipinski definition) is 4. The van der Waals surface area contributed by atoms with Crippen LogP contribution in [0.5, 0.6) is 11.5 Å². The highest BCUT2D eigenvalue weighted by molar-refractivity contribution is 6.30. The monoisotopic (exact) mass is 548 g/mol. The number of piperidine rings is 1. The molecule has 4 rings (SSSR count). The van der Waals surface area contributed by atoms with E-state index in [2.05, 4.69) is 0 Å². The van der Waals surface area contributed by atoms with Crippen LogP contribution in [0.1, 0.15) is 36.0 Å². The van der Waals surface area contributed by atoms with Crippen molar-refractivity contribution in [1.29, 1.82) is 0 Å². The van der Waals surface area contributed by atoms with Crippen LogP contribution in [0.15, 0.2) is 72.8 Å². The Kier molecular flexibility index (Phi) is 9.52. The largest absolute Gasteiger partial charge is 0.496 e. The van der Waals surface area contributed by atoms with Crippen molar-refractivity contribution in [3.8, 4) is 11.5 Å². The molecule has 0 saturated carbocycles. The summed E-state index contributed by atoms with van der Waals surface area (Å²) < 4.78 is 11.7. The molecule has 1 aliphatic heterocycles. The molecule has 206 valence electrons. The summed E-state index contributed by atoms with van der Waals surface area (Å²) in [6, 6.07) is 23.1. The Labute approximate surface area is 236 Å². The number of carbonyl (C=O) groups is 2. The molecular formula is C32H37ClN2O4. The van der Waals surface area contributed by atoms with Crippen LogP contribution in [0.2, 0.25) is 5.02 Å². The van der Waals surface area contributed by atoms with Crippen molar-refractivity contribution in [3.63, 3.8) is 0 Å². The standard InChI is InChI=1S/C32H37ClN2O4/c1-24-13-14-29(38-3)26(17-24)18-30(36)35-16-8-15-32(22-35,23-39-28-12-7-11-27(33)19-28)20-31(37)34(2)21-25-9-5-4-6-10-25/h4-7,9-14,17,19H,8,15-16,18,20-23H2,1-3H3. The molecule has 0 aliphatic carbocycles. The SMILES string of the molecule is COc1ccc(C)cc1CC(=O)N1CCCC(COc2cccc(Cl)c2)(CC(=O)N(C)Cc2ccccc2)C1. The van der Waals surface area contributed by atoms with Crippen LogP contribution < -0.4 is 9.47 Å². The summed E-state index contributed by atoms with van der Waals surface area (Å²) in [5.74, 6) is 1.41. The lowest BCUT2D eigenvalue weighted by atomic mass is 9.77.